The summed E-state index contributed by atoms with van der Waals surface area (Å²) >= 11 is 0. The second-order valence-corrected chi connectivity index (χ2v) is 8.39. The fourth-order valence-electron chi connectivity index (χ4n) is 4.40. The Morgan fingerprint density at radius 2 is 1.51 bits per heavy atom. The van der Waals surface area contributed by atoms with Crippen LogP contribution in [0.4, 0.5) is 11.4 Å². The van der Waals surface area contributed by atoms with Crippen LogP contribution in [0, 0.1) is 0 Å². The molecular weight excluding hydrogens is 476 g/mol. The molecule has 0 spiro atoms. The second kappa shape index (κ2) is 8.80. The Morgan fingerprint density at radius 1 is 0.838 bits per heavy atom. The van der Waals surface area contributed by atoms with Crippen molar-refractivity contribution < 1.29 is 33.4 Å². The van der Waals surface area contributed by atoms with Crippen molar-refractivity contribution in [3.05, 3.63) is 95.6 Å². The van der Waals surface area contributed by atoms with E-state index in [0.717, 1.165) is 10.3 Å². The lowest BCUT2D eigenvalue weighted by atomic mass is 9.94. The van der Waals surface area contributed by atoms with E-state index in [2.05, 4.69) is 5.32 Å². The molecule has 4 aromatic carbocycles. The van der Waals surface area contributed by atoms with Gasteiger partial charge in [-0.05, 0) is 53.9 Å². The highest BCUT2D eigenvalue weighted by atomic mass is 16.7. The van der Waals surface area contributed by atoms with Crippen LogP contribution in [0.3, 0.4) is 0 Å². The molecule has 1 N–H and O–H groups in total. The molecule has 0 radical (unpaired) electrons. The number of amides is 3. The van der Waals surface area contributed by atoms with E-state index in [4.69, 9.17) is 14.2 Å². The van der Waals surface area contributed by atoms with Gasteiger partial charge in [-0.3, -0.25) is 14.4 Å². The number of ether oxygens (including phenoxy) is 3. The van der Waals surface area contributed by atoms with Gasteiger partial charge >= 0.3 is 5.97 Å². The number of esters is 1. The molecule has 9 heteroatoms. The fourth-order valence-corrected chi connectivity index (χ4v) is 4.40. The van der Waals surface area contributed by atoms with Crippen molar-refractivity contribution in [2.24, 2.45) is 0 Å². The number of hydrogen-bond donors (Lipinski definition) is 1. The first kappa shape index (κ1) is 22.3. The number of carbonyl (C=O) groups excluding carboxylic acids is 4. The summed E-state index contributed by atoms with van der Waals surface area (Å²) in [6.07, 6.45) is 0. The average Bonchev–Trinajstić information content (AvgIpc) is 3.39. The Labute approximate surface area is 210 Å². The van der Waals surface area contributed by atoms with Gasteiger partial charge in [-0.25, -0.2) is 9.69 Å². The first-order valence-electron chi connectivity index (χ1n) is 11.4. The Morgan fingerprint density at radius 3 is 2.22 bits per heavy atom. The Balaban J connectivity index is 1.13. The summed E-state index contributed by atoms with van der Waals surface area (Å²) in [7, 11) is 0. The Hall–Kier alpha value is -5.18. The number of carbonyl (C=O) groups is 4. The standard InChI is InChI=1S/C28H18N2O7/c31-24(29-18-9-12-22-23(13-18)37-15-36-22)14-35-28(34)17-7-10-19(11-8-17)30-26(32)20-5-1-3-16-4-2-6-21(25(16)20)27(30)33/h1-13H,14-15H2,(H,29,31). The predicted octanol–water partition coefficient (Wildman–Crippen LogP) is 4.16. The van der Waals surface area contributed by atoms with Gasteiger partial charge in [0, 0.05) is 28.3 Å². The van der Waals surface area contributed by atoms with Crippen LogP contribution in [0.15, 0.2) is 78.9 Å². The molecule has 0 atom stereocenters. The Bertz CT molecular complexity index is 1560. The fraction of sp³-hybridized carbons (Fsp3) is 0.0714. The molecule has 2 aliphatic heterocycles. The van der Waals surface area contributed by atoms with E-state index in [1.807, 2.05) is 12.1 Å². The molecule has 0 fully saturated rings. The molecule has 0 bridgehead atoms. The zero-order chi connectivity index (χ0) is 25.5. The molecule has 2 heterocycles. The summed E-state index contributed by atoms with van der Waals surface area (Å²) in [6.45, 7) is -0.383. The largest absolute Gasteiger partial charge is 0.454 e. The van der Waals surface area contributed by atoms with Crippen LogP contribution in [-0.4, -0.2) is 37.1 Å². The summed E-state index contributed by atoms with van der Waals surface area (Å²) in [5, 5.41) is 4.07. The molecule has 37 heavy (non-hydrogen) atoms. The van der Waals surface area contributed by atoms with Crippen LogP contribution in [0.25, 0.3) is 10.8 Å². The average molecular weight is 494 g/mol. The van der Waals surface area contributed by atoms with Gasteiger partial charge in [0.15, 0.2) is 18.1 Å². The molecule has 2 aliphatic rings. The minimum absolute atomic E-state index is 0.118. The lowest BCUT2D eigenvalue weighted by Crippen LogP contribution is -2.40. The molecule has 182 valence electrons. The third-order valence-corrected chi connectivity index (χ3v) is 6.12. The van der Waals surface area contributed by atoms with E-state index in [9.17, 15) is 19.2 Å². The maximum Gasteiger partial charge on any atom is 0.338 e. The van der Waals surface area contributed by atoms with Gasteiger partial charge in [-0.2, -0.15) is 0 Å². The molecular formula is C28H18N2O7. The molecule has 0 unspecified atom stereocenters. The third-order valence-electron chi connectivity index (χ3n) is 6.12. The van der Waals surface area contributed by atoms with Crippen LogP contribution in [0.2, 0.25) is 0 Å². The van der Waals surface area contributed by atoms with Gasteiger partial charge in [0.25, 0.3) is 17.7 Å². The summed E-state index contributed by atoms with van der Waals surface area (Å²) in [5.74, 6) is -1.03. The number of nitrogens with zero attached hydrogens (tertiary/aromatic N) is 1. The minimum atomic E-state index is -0.723. The van der Waals surface area contributed by atoms with Crippen molar-refractivity contribution >= 4 is 45.8 Å². The first-order chi connectivity index (χ1) is 18.0. The summed E-state index contributed by atoms with van der Waals surface area (Å²) in [6, 6.07) is 21.4. The monoisotopic (exact) mass is 494 g/mol. The van der Waals surface area contributed by atoms with Crippen LogP contribution in [0.5, 0.6) is 11.5 Å². The highest BCUT2D eigenvalue weighted by molar-refractivity contribution is 6.35. The third kappa shape index (κ3) is 3.92. The van der Waals surface area contributed by atoms with Crippen molar-refractivity contribution in [3.63, 3.8) is 0 Å². The van der Waals surface area contributed by atoms with Crippen LogP contribution >= 0.6 is 0 Å². The summed E-state index contributed by atoms with van der Waals surface area (Å²) in [4.78, 5) is 52.1. The molecule has 0 aliphatic carbocycles. The lowest BCUT2D eigenvalue weighted by Gasteiger charge is -2.27. The van der Waals surface area contributed by atoms with Crippen LogP contribution in [0.1, 0.15) is 31.1 Å². The number of imide groups is 1. The van der Waals surface area contributed by atoms with Gasteiger partial charge in [-0.15, -0.1) is 0 Å². The van der Waals surface area contributed by atoms with E-state index in [1.165, 1.54) is 24.3 Å². The van der Waals surface area contributed by atoms with Crippen LogP contribution < -0.4 is 19.7 Å². The number of hydrogen-bond acceptors (Lipinski definition) is 7. The quantitative estimate of drug-likeness (QED) is 0.328. The molecule has 0 aromatic heterocycles. The van der Waals surface area contributed by atoms with Crippen molar-refractivity contribution in [1.29, 1.82) is 0 Å². The van der Waals surface area contributed by atoms with Crippen molar-refractivity contribution in [3.8, 4) is 11.5 Å². The van der Waals surface area contributed by atoms with Crippen molar-refractivity contribution in [2.75, 3.05) is 23.6 Å². The maximum atomic E-state index is 13.2. The van der Waals surface area contributed by atoms with E-state index in [-0.39, 0.29) is 12.4 Å². The zero-order valence-electron chi connectivity index (χ0n) is 19.2. The molecule has 3 amide bonds. The molecule has 6 rings (SSSR count). The van der Waals surface area contributed by atoms with Crippen LogP contribution in [-0.2, 0) is 9.53 Å². The first-order valence-corrected chi connectivity index (χ1v) is 11.4. The number of nitrogens with one attached hydrogen (secondary N) is 1. The van der Waals surface area contributed by atoms with Gasteiger partial charge in [-0.1, -0.05) is 24.3 Å². The molecule has 9 nitrogen and oxygen atoms in total. The topological polar surface area (TPSA) is 111 Å². The number of anilines is 2. The number of benzene rings is 4. The van der Waals surface area contributed by atoms with E-state index >= 15 is 0 Å². The summed E-state index contributed by atoms with van der Waals surface area (Å²) < 4.78 is 15.6. The zero-order valence-corrected chi connectivity index (χ0v) is 19.2. The highest BCUT2D eigenvalue weighted by Crippen LogP contribution is 2.34. The Kier molecular flexibility index (Phi) is 5.30. The molecule has 0 saturated heterocycles. The van der Waals surface area contributed by atoms with Gasteiger partial charge in [0.05, 0.1) is 11.3 Å². The molecule has 0 saturated carbocycles. The van der Waals surface area contributed by atoms with Gasteiger partial charge in [0.2, 0.25) is 6.79 Å². The SMILES string of the molecule is O=C(COC(=O)c1ccc(N2C(=O)c3cccc4cccc(c34)C2=O)cc1)Nc1ccc2c(c1)OCO2. The van der Waals surface area contributed by atoms with E-state index in [1.54, 1.807) is 42.5 Å². The lowest BCUT2D eigenvalue weighted by molar-refractivity contribution is -0.119. The van der Waals surface area contributed by atoms with Crippen molar-refractivity contribution in [2.45, 2.75) is 0 Å². The van der Waals surface area contributed by atoms with Crippen molar-refractivity contribution in [1.82, 2.24) is 0 Å². The normalized spacial score (nSPS) is 13.6. The molecule has 4 aromatic rings. The smallest absolute Gasteiger partial charge is 0.338 e. The van der Waals surface area contributed by atoms with Gasteiger partial charge < -0.3 is 19.5 Å². The summed E-state index contributed by atoms with van der Waals surface area (Å²) in [5.41, 5.74) is 1.83. The second-order valence-electron chi connectivity index (χ2n) is 8.39. The highest BCUT2D eigenvalue weighted by Gasteiger charge is 2.33. The van der Waals surface area contributed by atoms with Gasteiger partial charge in [0.1, 0.15) is 0 Å². The van der Waals surface area contributed by atoms with E-state index in [0.29, 0.717) is 39.4 Å². The van der Waals surface area contributed by atoms with E-state index < -0.39 is 30.3 Å². The minimum Gasteiger partial charge on any atom is -0.454 e. The predicted molar refractivity (Wildman–Crippen MR) is 133 cm³/mol. The maximum absolute atomic E-state index is 13.2. The number of rotatable bonds is 5. The number of fused-ring (bicyclic) bond motifs is 1.